The number of likely N-dealkylation sites (tertiary alicyclic amines) is 1. The summed E-state index contributed by atoms with van der Waals surface area (Å²) in [6.07, 6.45) is 2.43. The van der Waals surface area contributed by atoms with Crippen molar-refractivity contribution in [3.63, 3.8) is 0 Å². The average molecular weight is 280 g/mol. The van der Waals surface area contributed by atoms with E-state index in [-0.39, 0.29) is 11.8 Å². The first-order valence-electron chi connectivity index (χ1n) is 7.11. The van der Waals surface area contributed by atoms with E-state index >= 15 is 0 Å². The minimum atomic E-state index is -0.422. The van der Waals surface area contributed by atoms with Gasteiger partial charge in [0.2, 0.25) is 5.76 Å². The van der Waals surface area contributed by atoms with Crippen LogP contribution in [0.3, 0.4) is 0 Å². The molecule has 2 rings (SSSR count). The second-order valence-electron chi connectivity index (χ2n) is 5.67. The van der Waals surface area contributed by atoms with Crippen molar-refractivity contribution in [2.45, 2.75) is 31.8 Å². The lowest BCUT2D eigenvalue weighted by molar-refractivity contribution is 0.0557. The number of carbonyl (C=O) groups is 1. The van der Waals surface area contributed by atoms with Crippen LogP contribution in [-0.4, -0.2) is 56.1 Å². The lowest BCUT2D eigenvalue weighted by atomic mass is 10.1. The first kappa shape index (κ1) is 15.1. The van der Waals surface area contributed by atoms with Crippen molar-refractivity contribution in [1.29, 1.82) is 0 Å². The van der Waals surface area contributed by atoms with Crippen molar-refractivity contribution in [3.05, 3.63) is 23.7 Å². The van der Waals surface area contributed by atoms with Crippen molar-refractivity contribution in [3.8, 4) is 0 Å². The van der Waals surface area contributed by atoms with E-state index in [0.717, 1.165) is 18.8 Å². The summed E-state index contributed by atoms with van der Waals surface area (Å²) in [7, 11) is 5.56. The standard InChI is InChI=1S/C15H24N2O3/c1-11(13-7-8-14(20-13)15(18)19-4)17-9-5-6-12(17)10-16(2)3/h7-8,11-12H,5-6,9-10H2,1-4H3. The van der Waals surface area contributed by atoms with E-state index in [0.29, 0.717) is 6.04 Å². The van der Waals surface area contributed by atoms with E-state index in [1.165, 1.54) is 20.0 Å². The molecule has 0 N–H and O–H groups in total. The highest BCUT2D eigenvalue weighted by Crippen LogP contribution is 2.30. The lowest BCUT2D eigenvalue weighted by Gasteiger charge is -2.31. The van der Waals surface area contributed by atoms with E-state index in [4.69, 9.17) is 4.42 Å². The van der Waals surface area contributed by atoms with Crippen LogP contribution in [0, 0.1) is 0 Å². The molecular formula is C15H24N2O3. The molecule has 2 atom stereocenters. The molecule has 1 aliphatic rings. The summed E-state index contributed by atoms with van der Waals surface area (Å²) in [5.74, 6) is 0.684. The van der Waals surface area contributed by atoms with E-state index < -0.39 is 5.97 Å². The molecule has 112 valence electrons. The highest BCUT2D eigenvalue weighted by atomic mass is 16.5. The van der Waals surface area contributed by atoms with Crippen molar-refractivity contribution in [2.24, 2.45) is 0 Å². The molecule has 1 fully saturated rings. The topological polar surface area (TPSA) is 45.9 Å². The maximum absolute atomic E-state index is 11.4. The second kappa shape index (κ2) is 6.41. The van der Waals surface area contributed by atoms with Crippen LogP contribution in [0.1, 0.15) is 42.1 Å². The smallest absolute Gasteiger partial charge is 0.373 e. The fourth-order valence-electron chi connectivity index (χ4n) is 2.94. The summed E-state index contributed by atoms with van der Waals surface area (Å²) < 4.78 is 10.3. The van der Waals surface area contributed by atoms with Gasteiger partial charge in [-0.1, -0.05) is 0 Å². The summed E-state index contributed by atoms with van der Waals surface area (Å²) in [6.45, 7) is 4.26. The molecule has 0 spiro atoms. The third-order valence-electron chi connectivity index (χ3n) is 3.92. The Labute approximate surface area is 120 Å². The van der Waals surface area contributed by atoms with Crippen LogP contribution in [0.4, 0.5) is 0 Å². The molecule has 2 heterocycles. The quantitative estimate of drug-likeness (QED) is 0.773. The van der Waals surface area contributed by atoms with E-state index in [1.807, 2.05) is 6.07 Å². The van der Waals surface area contributed by atoms with Crippen LogP contribution in [0.15, 0.2) is 16.5 Å². The minimum absolute atomic E-state index is 0.181. The number of hydrogen-bond acceptors (Lipinski definition) is 5. The molecule has 5 nitrogen and oxygen atoms in total. The Kier molecular flexibility index (Phi) is 4.83. The lowest BCUT2D eigenvalue weighted by Crippen LogP contribution is -2.38. The normalized spacial score (nSPS) is 21.4. The maximum atomic E-state index is 11.4. The molecule has 1 aromatic rings. The molecule has 0 aliphatic carbocycles. The monoisotopic (exact) mass is 280 g/mol. The molecule has 5 heteroatoms. The molecule has 20 heavy (non-hydrogen) atoms. The summed E-state index contributed by atoms with van der Waals surface area (Å²) in [4.78, 5) is 16.1. The Morgan fingerprint density at radius 1 is 1.55 bits per heavy atom. The average Bonchev–Trinajstić information content (AvgIpc) is 3.05. The molecule has 0 radical (unpaired) electrons. The predicted octanol–water partition coefficient (Wildman–Crippen LogP) is 2.15. The van der Waals surface area contributed by atoms with Gasteiger partial charge in [-0.05, 0) is 52.5 Å². The summed E-state index contributed by atoms with van der Waals surface area (Å²) in [5.41, 5.74) is 0. The molecule has 0 bridgehead atoms. The van der Waals surface area contributed by atoms with Gasteiger partial charge in [-0.15, -0.1) is 0 Å². The Bertz CT molecular complexity index is 456. The van der Waals surface area contributed by atoms with Crippen molar-refractivity contribution >= 4 is 5.97 Å². The molecule has 1 aliphatic heterocycles. The van der Waals surface area contributed by atoms with Gasteiger partial charge in [0.1, 0.15) is 5.76 Å². The summed E-state index contributed by atoms with van der Waals surface area (Å²) in [6, 6.07) is 4.30. The number of likely N-dealkylation sites (N-methyl/N-ethyl adjacent to an activating group) is 1. The number of rotatable bonds is 5. The van der Waals surface area contributed by atoms with Crippen LogP contribution >= 0.6 is 0 Å². The van der Waals surface area contributed by atoms with Gasteiger partial charge in [0.25, 0.3) is 0 Å². The summed E-state index contributed by atoms with van der Waals surface area (Å²) in [5, 5.41) is 0. The SMILES string of the molecule is COC(=O)c1ccc(C(C)N2CCCC2CN(C)C)o1. The van der Waals surface area contributed by atoms with Gasteiger partial charge in [-0.2, -0.15) is 0 Å². The summed E-state index contributed by atoms with van der Waals surface area (Å²) >= 11 is 0. The van der Waals surface area contributed by atoms with Crippen LogP contribution < -0.4 is 0 Å². The zero-order valence-electron chi connectivity index (χ0n) is 12.8. The van der Waals surface area contributed by atoms with Gasteiger partial charge >= 0.3 is 5.97 Å². The van der Waals surface area contributed by atoms with Gasteiger partial charge in [0.15, 0.2) is 0 Å². The van der Waals surface area contributed by atoms with E-state index in [2.05, 4.69) is 35.6 Å². The predicted molar refractivity (Wildman–Crippen MR) is 76.7 cm³/mol. The fraction of sp³-hybridized carbons (Fsp3) is 0.667. The minimum Gasteiger partial charge on any atom is -0.463 e. The van der Waals surface area contributed by atoms with E-state index in [9.17, 15) is 4.79 Å². The number of nitrogens with zero attached hydrogens (tertiary/aromatic N) is 2. The first-order chi connectivity index (χ1) is 9.52. The molecule has 0 saturated carbocycles. The molecule has 1 saturated heterocycles. The number of hydrogen-bond donors (Lipinski definition) is 0. The second-order valence-corrected chi connectivity index (χ2v) is 5.67. The van der Waals surface area contributed by atoms with Gasteiger partial charge in [-0.25, -0.2) is 4.79 Å². The van der Waals surface area contributed by atoms with Crippen LogP contribution in [0.2, 0.25) is 0 Å². The molecule has 0 amide bonds. The molecule has 0 aromatic carbocycles. The number of furan rings is 1. The Morgan fingerprint density at radius 2 is 2.30 bits per heavy atom. The van der Waals surface area contributed by atoms with Crippen LogP contribution in [0.5, 0.6) is 0 Å². The zero-order chi connectivity index (χ0) is 14.7. The molecule has 2 unspecified atom stereocenters. The van der Waals surface area contributed by atoms with Gasteiger partial charge in [0.05, 0.1) is 13.2 Å². The third kappa shape index (κ3) is 3.22. The van der Waals surface area contributed by atoms with Crippen LogP contribution in [0.25, 0.3) is 0 Å². The number of methoxy groups -OCH3 is 1. The van der Waals surface area contributed by atoms with Gasteiger partial charge in [0, 0.05) is 12.6 Å². The maximum Gasteiger partial charge on any atom is 0.373 e. The molecular weight excluding hydrogens is 256 g/mol. The highest BCUT2D eigenvalue weighted by molar-refractivity contribution is 5.86. The number of ether oxygens (including phenoxy) is 1. The van der Waals surface area contributed by atoms with Gasteiger partial charge < -0.3 is 14.1 Å². The Balaban J connectivity index is 2.08. The number of esters is 1. The molecule has 1 aromatic heterocycles. The van der Waals surface area contributed by atoms with Crippen LogP contribution in [-0.2, 0) is 4.74 Å². The first-order valence-corrected chi connectivity index (χ1v) is 7.11. The van der Waals surface area contributed by atoms with Crippen molar-refractivity contribution in [1.82, 2.24) is 9.80 Å². The van der Waals surface area contributed by atoms with Crippen molar-refractivity contribution < 1.29 is 13.9 Å². The fourth-order valence-corrected chi connectivity index (χ4v) is 2.94. The highest BCUT2D eigenvalue weighted by Gasteiger charge is 2.31. The Hall–Kier alpha value is -1.33. The number of carbonyl (C=O) groups excluding carboxylic acids is 1. The van der Waals surface area contributed by atoms with Gasteiger partial charge in [-0.3, -0.25) is 4.90 Å². The van der Waals surface area contributed by atoms with E-state index in [1.54, 1.807) is 6.07 Å². The zero-order valence-corrected chi connectivity index (χ0v) is 12.8. The Morgan fingerprint density at radius 3 is 2.95 bits per heavy atom. The van der Waals surface area contributed by atoms with Crippen molar-refractivity contribution in [2.75, 3.05) is 34.3 Å². The third-order valence-corrected chi connectivity index (χ3v) is 3.92. The largest absolute Gasteiger partial charge is 0.463 e.